The lowest BCUT2D eigenvalue weighted by atomic mass is 10.1. The van der Waals surface area contributed by atoms with Crippen LogP contribution in [0.2, 0.25) is 0 Å². The second-order valence-electron chi connectivity index (χ2n) is 4.29. The van der Waals surface area contributed by atoms with E-state index in [1.165, 1.54) is 24.6 Å². The second kappa shape index (κ2) is 9.04. The summed E-state index contributed by atoms with van der Waals surface area (Å²) < 4.78 is 13.2. The number of halogens is 1. The summed E-state index contributed by atoms with van der Waals surface area (Å²) in [5.74, 6) is -1.94. The fraction of sp³-hybridized carbons (Fsp3) is 0.125. The van der Waals surface area contributed by atoms with Crippen molar-refractivity contribution in [3.05, 3.63) is 53.5 Å². The van der Waals surface area contributed by atoms with E-state index >= 15 is 0 Å². The number of carbonyl (C=O) groups is 1. The molecule has 23 heavy (non-hydrogen) atoms. The Hall–Kier alpha value is -3.09. The van der Waals surface area contributed by atoms with Crippen LogP contribution in [0.5, 0.6) is 5.75 Å². The number of benzene rings is 1. The van der Waals surface area contributed by atoms with Crippen LogP contribution in [0.1, 0.15) is 10.4 Å². The summed E-state index contributed by atoms with van der Waals surface area (Å²) in [6.07, 6.45) is 5.42. The molecule has 0 heterocycles. The molecule has 0 aromatic heterocycles. The van der Waals surface area contributed by atoms with Crippen LogP contribution in [0, 0.1) is 11.2 Å². The Balaban J connectivity index is 2.87. The molecule has 0 spiro atoms. The minimum atomic E-state index is -0.879. The number of aromatic hydroxyl groups is 1. The van der Waals surface area contributed by atoms with Gasteiger partial charge in [0.25, 0.3) is 5.91 Å². The number of allylic oxidation sites excluding steroid dienone is 1. The van der Waals surface area contributed by atoms with Gasteiger partial charge in [0.05, 0.1) is 5.70 Å². The molecule has 0 saturated heterocycles. The SMILES string of the molecule is C=C/C(N=CC=NC)=C(\C=N)CNC(=O)c1ccc(O)c(F)c1. The summed E-state index contributed by atoms with van der Waals surface area (Å²) in [6, 6.07) is 3.33. The van der Waals surface area contributed by atoms with Gasteiger partial charge in [-0.3, -0.25) is 14.8 Å². The number of nitrogens with one attached hydrogen (secondary N) is 2. The van der Waals surface area contributed by atoms with Crippen LogP contribution in [0.4, 0.5) is 4.39 Å². The minimum absolute atomic E-state index is 0.0206. The number of nitrogens with zero attached hydrogens (tertiary/aromatic N) is 2. The van der Waals surface area contributed by atoms with Gasteiger partial charge in [-0.2, -0.15) is 0 Å². The molecule has 0 bridgehead atoms. The monoisotopic (exact) mass is 316 g/mol. The van der Waals surface area contributed by atoms with Crippen LogP contribution in [0.3, 0.4) is 0 Å². The third kappa shape index (κ3) is 5.31. The lowest BCUT2D eigenvalue weighted by molar-refractivity contribution is 0.0957. The van der Waals surface area contributed by atoms with E-state index in [1.807, 2.05) is 0 Å². The van der Waals surface area contributed by atoms with E-state index in [9.17, 15) is 9.18 Å². The van der Waals surface area contributed by atoms with E-state index in [2.05, 4.69) is 21.9 Å². The lowest BCUT2D eigenvalue weighted by Crippen LogP contribution is -2.26. The van der Waals surface area contributed by atoms with Gasteiger partial charge in [-0.25, -0.2) is 4.39 Å². The summed E-state index contributed by atoms with van der Waals surface area (Å²) in [5.41, 5.74) is 0.900. The highest BCUT2D eigenvalue weighted by molar-refractivity contribution is 6.16. The zero-order chi connectivity index (χ0) is 17.2. The Morgan fingerprint density at radius 2 is 2.22 bits per heavy atom. The van der Waals surface area contributed by atoms with Crippen molar-refractivity contribution in [2.45, 2.75) is 0 Å². The highest BCUT2D eigenvalue weighted by Crippen LogP contribution is 2.16. The average Bonchev–Trinajstić information content (AvgIpc) is 2.55. The Labute approximate surface area is 133 Å². The molecule has 0 radical (unpaired) electrons. The molecule has 3 N–H and O–H groups in total. The van der Waals surface area contributed by atoms with E-state index in [1.54, 1.807) is 7.05 Å². The van der Waals surface area contributed by atoms with Crippen molar-refractivity contribution in [3.8, 4) is 5.75 Å². The van der Waals surface area contributed by atoms with Crippen molar-refractivity contribution in [1.29, 1.82) is 5.41 Å². The number of hydrogen-bond donors (Lipinski definition) is 3. The summed E-state index contributed by atoms with van der Waals surface area (Å²) >= 11 is 0. The van der Waals surface area contributed by atoms with Gasteiger partial charge < -0.3 is 15.8 Å². The zero-order valence-corrected chi connectivity index (χ0v) is 12.6. The molecule has 1 aromatic rings. The first kappa shape index (κ1) is 18.0. The summed E-state index contributed by atoms with van der Waals surface area (Å²) in [7, 11) is 1.60. The molecular formula is C16H17FN4O2. The maximum absolute atomic E-state index is 13.2. The van der Waals surface area contributed by atoms with Gasteiger partial charge in [0.15, 0.2) is 11.6 Å². The normalized spacial score (nSPS) is 12.3. The molecule has 0 fully saturated rings. The van der Waals surface area contributed by atoms with E-state index in [0.29, 0.717) is 11.3 Å². The third-order valence-electron chi connectivity index (χ3n) is 2.78. The number of phenolic OH excluding ortho intramolecular Hbond substituents is 1. The molecule has 0 saturated carbocycles. The van der Waals surface area contributed by atoms with Gasteiger partial charge in [0, 0.05) is 43.4 Å². The lowest BCUT2D eigenvalue weighted by Gasteiger charge is -2.08. The number of aliphatic imine (C=N–C) groups is 2. The molecule has 7 heteroatoms. The maximum Gasteiger partial charge on any atom is 0.251 e. The molecule has 0 atom stereocenters. The minimum Gasteiger partial charge on any atom is -0.505 e. The molecule has 1 amide bonds. The van der Waals surface area contributed by atoms with Gasteiger partial charge >= 0.3 is 0 Å². The molecule has 1 rings (SSSR count). The van der Waals surface area contributed by atoms with Gasteiger partial charge in [-0.05, 0) is 24.3 Å². The van der Waals surface area contributed by atoms with Crippen LogP contribution in [-0.4, -0.2) is 43.2 Å². The molecule has 0 unspecified atom stereocenters. The predicted molar refractivity (Wildman–Crippen MR) is 89.3 cm³/mol. The van der Waals surface area contributed by atoms with E-state index < -0.39 is 17.5 Å². The highest BCUT2D eigenvalue weighted by Gasteiger charge is 2.10. The first-order valence-corrected chi connectivity index (χ1v) is 6.61. The number of hydrogen-bond acceptors (Lipinski definition) is 5. The Morgan fingerprint density at radius 3 is 2.78 bits per heavy atom. The third-order valence-corrected chi connectivity index (χ3v) is 2.78. The Kier molecular flexibility index (Phi) is 7.06. The Morgan fingerprint density at radius 1 is 1.48 bits per heavy atom. The first-order valence-electron chi connectivity index (χ1n) is 6.61. The molecule has 0 aliphatic heterocycles. The summed E-state index contributed by atoms with van der Waals surface area (Å²) in [6.45, 7) is 3.63. The largest absolute Gasteiger partial charge is 0.505 e. The van der Waals surface area contributed by atoms with Crippen molar-refractivity contribution >= 4 is 24.6 Å². The van der Waals surface area contributed by atoms with E-state index in [-0.39, 0.29) is 12.1 Å². The van der Waals surface area contributed by atoms with E-state index in [0.717, 1.165) is 18.3 Å². The molecule has 0 aliphatic rings. The van der Waals surface area contributed by atoms with Gasteiger partial charge in [-0.15, -0.1) is 0 Å². The fourth-order valence-corrected chi connectivity index (χ4v) is 1.59. The van der Waals surface area contributed by atoms with Gasteiger partial charge in [0.2, 0.25) is 0 Å². The Bertz CT molecular complexity index is 693. The number of phenols is 1. The summed E-state index contributed by atoms with van der Waals surface area (Å²) in [4.78, 5) is 19.8. The van der Waals surface area contributed by atoms with Crippen LogP contribution in [0.15, 0.2) is 52.1 Å². The van der Waals surface area contributed by atoms with Crippen LogP contribution in [0.25, 0.3) is 0 Å². The molecule has 120 valence electrons. The smallest absolute Gasteiger partial charge is 0.251 e. The van der Waals surface area contributed by atoms with Crippen molar-refractivity contribution < 1.29 is 14.3 Å². The average molecular weight is 316 g/mol. The van der Waals surface area contributed by atoms with Crippen LogP contribution >= 0.6 is 0 Å². The molecule has 1 aromatic carbocycles. The summed E-state index contributed by atoms with van der Waals surface area (Å²) in [5, 5.41) is 19.1. The van der Waals surface area contributed by atoms with Gasteiger partial charge in [-0.1, -0.05) is 6.58 Å². The topological polar surface area (TPSA) is 97.9 Å². The maximum atomic E-state index is 13.2. The van der Waals surface area contributed by atoms with Crippen molar-refractivity contribution in [2.24, 2.45) is 9.98 Å². The van der Waals surface area contributed by atoms with Gasteiger partial charge in [0.1, 0.15) is 0 Å². The fourth-order valence-electron chi connectivity index (χ4n) is 1.59. The number of carbonyl (C=O) groups excluding carboxylic acids is 1. The van der Waals surface area contributed by atoms with Crippen LogP contribution < -0.4 is 5.32 Å². The van der Waals surface area contributed by atoms with Crippen molar-refractivity contribution in [1.82, 2.24) is 5.32 Å². The van der Waals surface area contributed by atoms with Crippen molar-refractivity contribution in [2.75, 3.05) is 13.6 Å². The van der Waals surface area contributed by atoms with Crippen molar-refractivity contribution in [3.63, 3.8) is 0 Å². The zero-order valence-electron chi connectivity index (χ0n) is 12.6. The predicted octanol–water partition coefficient (Wildman–Crippen LogP) is 2.12. The highest BCUT2D eigenvalue weighted by atomic mass is 19.1. The van der Waals surface area contributed by atoms with E-state index in [4.69, 9.17) is 10.5 Å². The van der Waals surface area contributed by atoms with Crippen LogP contribution in [-0.2, 0) is 0 Å². The molecular weight excluding hydrogens is 299 g/mol. The standard InChI is InChI=1S/C16H17FN4O2/c1-3-14(20-7-6-19-2)12(9-18)10-21-16(23)11-4-5-15(22)13(17)8-11/h3-9,18,22H,1,10H2,2H3,(H,21,23)/b14-12-,18-9?,19-6?,20-7?. The molecule has 6 nitrogen and oxygen atoms in total. The quantitative estimate of drug-likeness (QED) is 0.530. The molecule has 0 aliphatic carbocycles. The number of amides is 1. The first-order chi connectivity index (χ1) is 11.0. The second-order valence-corrected chi connectivity index (χ2v) is 4.29. The number of rotatable bonds is 7.